The second-order valence-electron chi connectivity index (χ2n) is 4.97. The third-order valence-corrected chi connectivity index (χ3v) is 3.21. The van der Waals surface area contributed by atoms with Crippen molar-refractivity contribution in [3.8, 4) is 0 Å². The van der Waals surface area contributed by atoms with Crippen LogP contribution in [0.2, 0.25) is 0 Å². The van der Waals surface area contributed by atoms with Gasteiger partial charge in [-0.05, 0) is 31.5 Å². The van der Waals surface area contributed by atoms with Crippen molar-refractivity contribution in [2.24, 2.45) is 0 Å². The van der Waals surface area contributed by atoms with Gasteiger partial charge in [0, 0.05) is 12.7 Å². The predicted octanol–water partition coefficient (Wildman–Crippen LogP) is 2.81. The third-order valence-electron chi connectivity index (χ3n) is 3.21. The molecule has 5 heteroatoms. The number of aryl methyl sites for hydroxylation is 1. The van der Waals surface area contributed by atoms with E-state index in [2.05, 4.69) is 27.3 Å². The number of nitrogens with zero attached hydrogens (tertiary/aromatic N) is 4. The summed E-state index contributed by atoms with van der Waals surface area (Å²) in [6.45, 7) is 4.92. The summed E-state index contributed by atoms with van der Waals surface area (Å²) in [4.78, 5) is 8.93. The largest absolute Gasteiger partial charge is 0.367 e. The maximum absolute atomic E-state index is 4.54. The van der Waals surface area contributed by atoms with E-state index in [0.717, 1.165) is 23.4 Å². The summed E-state index contributed by atoms with van der Waals surface area (Å²) in [6.07, 6.45) is 5.67. The molecule has 0 fully saturated rings. The average molecular weight is 267 g/mol. The summed E-state index contributed by atoms with van der Waals surface area (Å²) in [5.41, 5.74) is 2.98. The smallest absolute Gasteiger partial charge is 0.145 e. The van der Waals surface area contributed by atoms with Gasteiger partial charge in [0.05, 0.1) is 29.5 Å². The molecule has 3 aromatic rings. The molecule has 0 saturated carbocycles. The summed E-state index contributed by atoms with van der Waals surface area (Å²) < 4.78 is 1.96. The topological polar surface area (TPSA) is 55.6 Å². The van der Waals surface area contributed by atoms with Crippen molar-refractivity contribution in [2.75, 3.05) is 11.9 Å². The first-order valence-corrected chi connectivity index (χ1v) is 6.69. The van der Waals surface area contributed by atoms with Crippen molar-refractivity contribution in [3.05, 3.63) is 48.4 Å². The SMILES string of the molecule is Cc1cnn(C(C)CNc2cnc3ccccc3n2)c1. The highest BCUT2D eigenvalue weighted by Crippen LogP contribution is 2.12. The molecule has 3 rings (SSSR count). The zero-order valence-corrected chi connectivity index (χ0v) is 11.6. The molecule has 1 N–H and O–H groups in total. The molecular weight excluding hydrogens is 250 g/mol. The predicted molar refractivity (Wildman–Crippen MR) is 79.7 cm³/mol. The van der Waals surface area contributed by atoms with Crippen molar-refractivity contribution in [1.82, 2.24) is 19.7 Å². The third kappa shape index (κ3) is 2.61. The lowest BCUT2D eigenvalue weighted by atomic mass is 10.3. The van der Waals surface area contributed by atoms with Crippen molar-refractivity contribution in [3.63, 3.8) is 0 Å². The zero-order chi connectivity index (χ0) is 13.9. The van der Waals surface area contributed by atoms with Crippen LogP contribution in [0, 0.1) is 6.92 Å². The van der Waals surface area contributed by atoms with Gasteiger partial charge in [-0.1, -0.05) is 12.1 Å². The van der Waals surface area contributed by atoms with Gasteiger partial charge in [-0.15, -0.1) is 0 Å². The fourth-order valence-corrected chi connectivity index (χ4v) is 2.06. The lowest BCUT2D eigenvalue weighted by Crippen LogP contribution is -2.17. The monoisotopic (exact) mass is 267 g/mol. The fourth-order valence-electron chi connectivity index (χ4n) is 2.06. The Hall–Kier alpha value is -2.43. The van der Waals surface area contributed by atoms with Crippen LogP contribution in [0.3, 0.4) is 0 Å². The van der Waals surface area contributed by atoms with Gasteiger partial charge in [-0.25, -0.2) is 4.98 Å². The van der Waals surface area contributed by atoms with E-state index in [1.807, 2.05) is 48.3 Å². The number of nitrogens with one attached hydrogen (secondary N) is 1. The maximum Gasteiger partial charge on any atom is 0.145 e. The Kier molecular flexibility index (Phi) is 3.33. The number of rotatable bonds is 4. The average Bonchev–Trinajstić information content (AvgIpc) is 2.91. The lowest BCUT2D eigenvalue weighted by Gasteiger charge is -2.13. The highest BCUT2D eigenvalue weighted by atomic mass is 15.3. The van der Waals surface area contributed by atoms with Gasteiger partial charge >= 0.3 is 0 Å². The molecule has 0 amide bonds. The number of hydrogen-bond donors (Lipinski definition) is 1. The van der Waals surface area contributed by atoms with Crippen molar-refractivity contribution >= 4 is 16.9 Å². The molecule has 2 heterocycles. The van der Waals surface area contributed by atoms with Crippen LogP contribution in [0.1, 0.15) is 18.5 Å². The van der Waals surface area contributed by atoms with Crippen LogP contribution in [-0.4, -0.2) is 26.3 Å². The Morgan fingerprint density at radius 1 is 1.20 bits per heavy atom. The van der Waals surface area contributed by atoms with Crippen LogP contribution in [0.4, 0.5) is 5.82 Å². The highest BCUT2D eigenvalue weighted by molar-refractivity contribution is 5.75. The van der Waals surface area contributed by atoms with Crippen LogP contribution in [0.25, 0.3) is 11.0 Å². The first kappa shape index (κ1) is 12.6. The van der Waals surface area contributed by atoms with Crippen molar-refractivity contribution < 1.29 is 0 Å². The molecule has 5 nitrogen and oxygen atoms in total. The molecule has 102 valence electrons. The fraction of sp³-hybridized carbons (Fsp3) is 0.267. The van der Waals surface area contributed by atoms with E-state index in [0.29, 0.717) is 0 Å². The van der Waals surface area contributed by atoms with Gasteiger partial charge in [-0.3, -0.25) is 9.67 Å². The van der Waals surface area contributed by atoms with Gasteiger partial charge in [-0.2, -0.15) is 5.10 Å². The number of aromatic nitrogens is 4. The first-order valence-electron chi connectivity index (χ1n) is 6.69. The molecule has 2 aromatic heterocycles. The summed E-state index contributed by atoms with van der Waals surface area (Å²) in [6, 6.07) is 8.12. The summed E-state index contributed by atoms with van der Waals surface area (Å²) >= 11 is 0. The second-order valence-corrected chi connectivity index (χ2v) is 4.97. The number of para-hydroxylation sites is 2. The van der Waals surface area contributed by atoms with Crippen LogP contribution >= 0.6 is 0 Å². The summed E-state index contributed by atoms with van der Waals surface area (Å²) in [5.74, 6) is 0.791. The molecule has 0 aliphatic rings. The minimum atomic E-state index is 0.261. The van der Waals surface area contributed by atoms with Crippen LogP contribution < -0.4 is 5.32 Å². The normalized spacial score (nSPS) is 12.5. The van der Waals surface area contributed by atoms with Crippen LogP contribution in [-0.2, 0) is 0 Å². The minimum Gasteiger partial charge on any atom is -0.367 e. The Bertz CT molecular complexity index is 719. The molecule has 0 spiro atoms. The highest BCUT2D eigenvalue weighted by Gasteiger charge is 2.06. The van der Waals surface area contributed by atoms with E-state index in [1.54, 1.807) is 6.20 Å². The van der Waals surface area contributed by atoms with Gasteiger partial charge in [0.25, 0.3) is 0 Å². The summed E-state index contributed by atoms with van der Waals surface area (Å²) in [5, 5.41) is 7.63. The second kappa shape index (κ2) is 5.28. The molecule has 1 atom stereocenters. The molecule has 20 heavy (non-hydrogen) atoms. The van der Waals surface area contributed by atoms with E-state index in [1.165, 1.54) is 5.56 Å². The van der Waals surface area contributed by atoms with E-state index < -0.39 is 0 Å². The Morgan fingerprint density at radius 2 is 2.00 bits per heavy atom. The maximum atomic E-state index is 4.54. The van der Waals surface area contributed by atoms with Gasteiger partial charge in [0.2, 0.25) is 0 Å². The molecule has 0 bridgehead atoms. The standard InChI is InChI=1S/C15H17N5/c1-11-7-18-20(10-11)12(2)8-17-15-9-16-13-5-3-4-6-14(13)19-15/h3-7,9-10,12H,8H2,1-2H3,(H,17,19). The van der Waals surface area contributed by atoms with E-state index in [-0.39, 0.29) is 6.04 Å². The number of benzene rings is 1. The van der Waals surface area contributed by atoms with Gasteiger partial charge < -0.3 is 5.32 Å². The Labute approximate surface area is 117 Å². The molecule has 0 saturated heterocycles. The molecular formula is C15H17N5. The molecule has 0 aliphatic carbocycles. The van der Waals surface area contributed by atoms with E-state index in [4.69, 9.17) is 0 Å². The van der Waals surface area contributed by atoms with Gasteiger partial charge in [0.15, 0.2) is 0 Å². The molecule has 0 radical (unpaired) electrons. The Balaban J connectivity index is 1.70. The van der Waals surface area contributed by atoms with Crippen molar-refractivity contribution in [1.29, 1.82) is 0 Å². The number of hydrogen-bond acceptors (Lipinski definition) is 4. The number of fused-ring (bicyclic) bond motifs is 1. The summed E-state index contributed by atoms with van der Waals surface area (Å²) in [7, 11) is 0. The minimum absolute atomic E-state index is 0.261. The zero-order valence-electron chi connectivity index (χ0n) is 11.6. The quantitative estimate of drug-likeness (QED) is 0.789. The first-order chi connectivity index (χ1) is 9.72. The Morgan fingerprint density at radius 3 is 2.75 bits per heavy atom. The van der Waals surface area contributed by atoms with E-state index >= 15 is 0 Å². The number of anilines is 1. The van der Waals surface area contributed by atoms with Crippen molar-refractivity contribution in [2.45, 2.75) is 19.9 Å². The van der Waals surface area contributed by atoms with E-state index in [9.17, 15) is 0 Å². The molecule has 1 aromatic carbocycles. The van der Waals surface area contributed by atoms with Crippen LogP contribution in [0.15, 0.2) is 42.9 Å². The molecule has 0 aliphatic heterocycles. The lowest BCUT2D eigenvalue weighted by molar-refractivity contribution is 0.511. The van der Waals surface area contributed by atoms with Gasteiger partial charge in [0.1, 0.15) is 5.82 Å². The molecule has 1 unspecified atom stereocenters. The van der Waals surface area contributed by atoms with Crippen LogP contribution in [0.5, 0.6) is 0 Å².